The number of carbonyl (C=O) groups is 3. The summed E-state index contributed by atoms with van der Waals surface area (Å²) in [6.45, 7) is 20.9. The van der Waals surface area contributed by atoms with Crippen LogP contribution < -0.4 is 5.32 Å². The molecule has 0 unspecified atom stereocenters. The van der Waals surface area contributed by atoms with E-state index in [0.29, 0.717) is 5.92 Å². The fourth-order valence-electron chi connectivity index (χ4n) is 9.38. The topological polar surface area (TPSA) is 81.7 Å². The Hall–Kier alpha value is -2.63. The number of ketones is 1. The van der Waals surface area contributed by atoms with Crippen LogP contribution in [0.4, 0.5) is 4.79 Å². The van der Waals surface area contributed by atoms with Crippen molar-refractivity contribution in [3.8, 4) is 0 Å². The number of fused-ring (bicyclic) bond motifs is 7. The van der Waals surface area contributed by atoms with Crippen molar-refractivity contribution in [3.63, 3.8) is 0 Å². The molecule has 0 radical (unpaired) electrons. The first kappa shape index (κ1) is 29.8. The average molecular weight is 564 g/mol. The van der Waals surface area contributed by atoms with E-state index >= 15 is 0 Å². The number of hydrogen-bond acceptors (Lipinski definition) is 5. The quantitative estimate of drug-likeness (QED) is 0.346. The van der Waals surface area contributed by atoms with Gasteiger partial charge < -0.3 is 14.8 Å². The van der Waals surface area contributed by atoms with E-state index in [4.69, 9.17) is 9.47 Å². The average Bonchev–Trinajstić information content (AvgIpc) is 2.83. The van der Waals surface area contributed by atoms with Gasteiger partial charge in [0.15, 0.2) is 5.76 Å². The largest absolute Gasteiger partial charge is 0.444 e. The highest BCUT2D eigenvalue weighted by atomic mass is 16.6. The van der Waals surface area contributed by atoms with Crippen LogP contribution in [0.2, 0.25) is 0 Å². The maximum absolute atomic E-state index is 13.2. The van der Waals surface area contributed by atoms with Crippen LogP contribution in [0.3, 0.4) is 0 Å². The first-order chi connectivity index (χ1) is 18.8. The molecule has 0 aromatic rings. The van der Waals surface area contributed by atoms with Crippen LogP contribution in [0.5, 0.6) is 0 Å². The van der Waals surface area contributed by atoms with Gasteiger partial charge in [0.25, 0.3) is 0 Å². The Balaban J connectivity index is 1.52. The third-order valence-corrected chi connectivity index (χ3v) is 11.9. The lowest BCUT2D eigenvalue weighted by molar-refractivity contribution is -0.153. The Kier molecular flexibility index (Phi) is 6.69. The van der Waals surface area contributed by atoms with E-state index in [1.165, 1.54) is 12.5 Å². The second-order valence-electron chi connectivity index (χ2n) is 15.8. The molecule has 1 N–H and O–H groups in total. The van der Waals surface area contributed by atoms with Gasteiger partial charge >= 0.3 is 12.1 Å². The van der Waals surface area contributed by atoms with Gasteiger partial charge in [0, 0.05) is 23.5 Å². The first-order valence-corrected chi connectivity index (χ1v) is 15.4. The van der Waals surface area contributed by atoms with Gasteiger partial charge in [-0.05, 0) is 119 Å². The number of nitrogens with one attached hydrogen (secondary N) is 1. The number of alkyl carbamates (subject to hydrolysis) is 1. The van der Waals surface area contributed by atoms with Crippen molar-refractivity contribution in [3.05, 3.63) is 46.3 Å². The van der Waals surface area contributed by atoms with E-state index in [0.717, 1.165) is 61.7 Å². The number of carbonyl (C=O) groups excluding carboxylic acids is 3. The lowest BCUT2D eigenvalue weighted by Gasteiger charge is -2.70. The van der Waals surface area contributed by atoms with Crippen LogP contribution in [0.25, 0.3) is 0 Å². The van der Waals surface area contributed by atoms with E-state index in [-0.39, 0.29) is 44.8 Å². The highest BCUT2D eigenvalue weighted by Crippen LogP contribution is 2.75. The Morgan fingerprint density at radius 3 is 2.24 bits per heavy atom. The summed E-state index contributed by atoms with van der Waals surface area (Å²) < 4.78 is 11.0. The fourth-order valence-corrected chi connectivity index (χ4v) is 9.38. The van der Waals surface area contributed by atoms with Crippen LogP contribution in [-0.4, -0.2) is 29.0 Å². The lowest BCUT2D eigenvalue weighted by atomic mass is 9.35. The van der Waals surface area contributed by atoms with Crippen LogP contribution in [0, 0.1) is 27.6 Å². The number of rotatable bonds is 2. The van der Waals surface area contributed by atoms with Crippen LogP contribution in [0.15, 0.2) is 46.3 Å². The van der Waals surface area contributed by atoms with Gasteiger partial charge in [-0.25, -0.2) is 4.79 Å². The zero-order chi connectivity index (χ0) is 30.4. The molecule has 3 fully saturated rings. The summed E-state index contributed by atoms with van der Waals surface area (Å²) in [7, 11) is 0. The molecule has 0 heterocycles. The summed E-state index contributed by atoms with van der Waals surface area (Å²) in [5, 5.41) is 3.28. The molecular weight excluding hydrogens is 514 g/mol. The molecule has 0 spiro atoms. The van der Waals surface area contributed by atoms with Crippen molar-refractivity contribution in [1.82, 2.24) is 5.32 Å². The molecule has 0 bridgehead atoms. The third kappa shape index (κ3) is 4.55. The number of hydrogen-bond donors (Lipinski definition) is 1. The number of amides is 1. The van der Waals surface area contributed by atoms with Crippen LogP contribution in [-0.2, 0) is 19.1 Å². The number of allylic oxidation sites excluding steroid dienone is 7. The predicted octanol–water partition coefficient (Wildman–Crippen LogP) is 7.90. The first-order valence-electron chi connectivity index (χ1n) is 15.4. The molecule has 3 saturated carbocycles. The maximum Gasteiger partial charge on any atom is 0.408 e. The summed E-state index contributed by atoms with van der Waals surface area (Å²) in [6.07, 6.45) is 13.0. The van der Waals surface area contributed by atoms with E-state index in [9.17, 15) is 14.4 Å². The van der Waals surface area contributed by atoms with Gasteiger partial charge in [0.05, 0.1) is 0 Å². The van der Waals surface area contributed by atoms with E-state index in [2.05, 4.69) is 52.1 Å². The Morgan fingerprint density at radius 2 is 1.61 bits per heavy atom. The number of esters is 1. The Bertz CT molecular complexity index is 1340. The van der Waals surface area contributed by atoms with Crippen LogP contribution >= 0.6 is 0 Å². The minimum Gasteiger partial charge on any atom is -0.444 e. The van der Waals surface area contributed by atoms with Gasteiger partial charge in [-0.1, -0.05) is 45.4 Å². The second-order valence-corrected chi connectivity index (χ2v) is 15.8. The van der Waals surface area contributed by atoms with E-state index in [1.54, 1.807) is 6.08 Å². The summed E-state index contributed by atoms with van der Waals surface area (Å²) >= 11 is 0. The molecule has 1 amide bonds. The normalized spacial score (nSPS) is 40.1. The van der Waals surface area contributed by atoms with Crippen molar-refractivity contribution < 1.29 is 23.9 Å². The van der Waals surface area contributed by atoms with Crippen molar-refractivity contribution in [1.29, 1.82) is 0 Å². The zero-order valence-electron chi connectivity index (χ0n) is 26.8. The van der Waals surface area contributed by atoms with Crippen molar-refractivity contribution in [2.75, 3.05) is 0 Å². The van der Waals surface area contributed by atoms with Crippen LogP contribution in [0.1, 0.15) is 114 Å². The molecule has 224 valence electrons. The maximum atomic E-state index is 13.2. The zero-order valence-corrected chi connectivity index (χ0v) is 26.8. The van der Waals surface area contributed by atoms with E-state index in [1.807, 2.05) is 27.7 Å². The smallest absolute Gasteiger partial charge is 0.408 e. The highest BCUT2D eigenvalue weighted by Gasteiger charge is 2.67. The van der Waals surface area contributed by atoms with Gasteiger partial charge in [-0.15, -0.1) is 0 Å². The lowest BCUT2D eigenvalue weighted by Crippen LogP contribution is -2.64. The molecule has 6 heteroatoms. The Morgan fingerprint density at radius 1 is 0.951 bits per heavy atom. The monoisotopic (exact) mass is 563 g/mol. The molecule has 5 rings (SSSR count). The molecule has 0 aliphatic heterocycles. The van der Waals surface area contributed by atoms with Crippen molar-refractivity contribution in [2.45, 2.75) is 125 Å². The van der Waals surface area contributed by atoms with E-state index < -0.39 is 11.6 Å². The third-order valence-electron chi connectivity index (χ3n) is 11.9. The molecule has 6 atom stereocenters. The van der Waals surface area contributed by atoms with Gasteiger partial charge in [-0.2, -0.15) is 0 Å². The van der Waals surface area contributed by atoms with Gasteiger partial charge in [0.2, 0.25) is 5.78 Å². The molecular formula is C35H49NO5. The summed E-state index contributed by atoms with van der Waals surface area (Å²) in [4.78, 5) is 37.8. The summed E-state index contributed by atoms with van der Waals surface area (Å²) in [5.74, 6) is -0.127. The molecule has 0 saturated heterocycles. The fraction of sp³-hybridized carbons (Fsp3) is 0.686. The molecule has 0 aromatic heterocycles. The summed E-state index contributed by atoms with van der Waals surface area (Å²) in [6, 6.07) is 0. The second kappa shape index (κ2) is 9.18. The molecule has 0 aromatic carbocycles. The SMILES string of the molecule is CC(=O)OC1=C(C)C2=CC=C3[C@@](C)(CC[C@@]4(C)[C@@H]5C[C@](C)(NC(=O)OC(C)(C)C)CC[C@]5(C)CC[C@]34C)C2=CC1=O. The molecule has 6 nitrogen and oxygen atoms in total. The standard InChI is InChI=1S/C35H49NO5/c1-21-23-11-12-26-33(8,24(23)19-25(38)28(21)40-22(2)37)16-18-35(10)27-20-32(7,36-29(39)41-30(3,4)5)15-13-31(27,6)14-17-34(26,35)9/h11-12,19,27H,13-18,20H2,1-10H3,(H,36,39)/t27-,31-,32-,33+,34-,35+/m1/s1. The molecule has 41 heavy (non-hydrogen) atoms. The minimum absolute atomic E-state index is 0.0288. The van der Waals surface area contributed by atoms with Gasteiger partial charge in [0.1, 0.15) is 5.60 Å². The molecule has 5 aliphatic carbocycles. The van der Waals surface area contributed by atoms with Crippen molar-refractivity contribution >= 4 is 17.8 Å². The highest BCUT2D eigenvalue weighted by molar-refractivity contribution is 6.08. The molecule has 5 aliphatic rings. The predicted molar refractivity (Wildman–Crippen MR) is 160 cm³/mol. The van der Waals surface area contributed by atoms with Crippen molar-refractivity contribution in [2.24, 2.45) is 27.6 Å². The Labute approximate surface area is 246 Å². The van der Waals surface area contributed by atoms with Gasteiger partial charge in [-0.3, -0.25) is 9.59 Å². The summed E-state index contributed by atoms with van der Waals surface area (Å²) in [5.41, 5.74) is 3.28. The minimum atomic E-state index is -0.533. The number of ether oxygens (including phenoxy) is 2.